The molecule has 0 radical (unpaired) electrons. The molecule has 74 valence electrons. The molecule has 2 aromatic rings. The first-order valence-electron chi connectivity index (χ1n) is 4.66. The van der Waals surface area contributed by atoms with E-state index < -0.39 is 0 Å². The van der Waals surface area contributed by atoms with E-state index in [-0.39, 0.29) is 0 Å². The number of nitrogens with two attached hydrogens (primary N) is 1. The van der Waals surface area contributed by atoms with Crippen LogP contribution in [-0.2, 0) is 13.5 Å². The largest absolute Gasteiger partial charge is 0.349 e. The molecule has 0 spiro atoms. The number of fused-ring (bicyclic) bond motifs is 1. The Morgan fingerprint density at radius 1 is 1.36 bits per heavy atom. The van der Waals surface area contributed by atoms with Crippen LogP contribution in [0, 0.1) is 0 Å². The molecule has 2 N–H and O–H groups in total. The van der Waals surface area contributed by atoms with Crippen molar-refractivity contribution in [1.29, 1.82) is 0 Å². The van der Waals surface area contributed by atoms with Gasteiger partial charge in [0.05, 0.1) is 10.5 Å². The zero-order valence-electron chi connectivity index (χ0n) is 8.13. The summed E-state index contributed by atoms with van der Waals surface area (Å²) in [6.07, 6.45) is 2.85. The predicted octanol–water partition coefficient (Wildman–Crippen LogP) is 2.33. The predicted molar refractivity (Wildman–Crippen MR) is 60.7 cm³/mol. The molecule has 0 fully saturated rings. The Kier molecular flexibility index (Phi) is 2.48. The third-order valence-electron chi connectivity index (χ3n) is 2.47. The Morgan fingerprint density at radius 2 is 2.14 bits per heavy atom. The van der Waals surface area contributed by atoms with E-state index in [1.165, 1.54) is 5.39 Å². The monoisotopic (exact) mass is 208 g/mol. The average molecular weight is 209 g/mol. The molecule has 14 heavy (non-hydrogen) atoms. The van der Waals surface area contributed by atoms with Crippen LogP contribution >= 0.6 is 11.6 Å². The van der Waals surface area contributed by atoms with Crippen LogP contribution in [-0.4, -0.2) is 11.1 Å². The van der Waals surface area contributed by atoms with Gasteiger partial charge in [0.25, 0.3) is 0 Å². The number of aryl methyl sites for hydroxylation is 1. The smallest absolute Gasteiger partial charge is 0.0681 e. The Morgan fingerprint density at radius 3 is 2.86 bits per heavy atom. The number of hydrogen-bond acceptors (Lipinski definition) is 1. The van der Waals surface area contributed by atoms with Crippen LogP contribution in [0.3, 0.4) is 0 Å². The van der Waals surface area contributed by atoms with Crippen LogP contribution < -0.4 is 5.73 Å². The van der Waals surface area contributed by atoms with E-state index in [1.807, 2.05) is 17.8 Å². The molecule has 0 atom stereocenters. The van der Waals surface area contributed by atoms with Gasteiger partial charge in [-0.15, -0.1) is 0 Å². The summed E-state index contributed by atoms with van der Waals surface area (Å²) in [7, 11) is 2.00. The number of rotatable bonds is 2. The molecular formula is C11H13ClN2. The minimum absolute atomic E-state index is 0.635. The van der Waals surface area contributed by atoms with Crippen LogP contribution in [0.25, 0.3) is 10.9 Å². The maximum atomic E-state index is 6.29. The molecule has 1 aromatic heterocycles. The second-order valence-corrected chi connectivity index (χ2v) is 3.82. The molecule has 0 unspecified atom stereocenters. The van der Waals surface area contributed by atoms with Gasteiger partial charge in [-0.2, -0.15) is 0 Å². The van der Waals surface area contributed by atoms with Gasteiger partial charge >= 0.3 is 0 Å². The first-order chi connectivity index (χ1) is 6.74. The highest BCUT2D eigenvalue weighted by molar-refractivity contribution is 6.36. The SMILES string of the molecule is Cn1ccc2ccc(CCN)c(Cl)c21. The van der Waals surface area contributed by atoms with Gasteiger partial charge in [0.2, 0.25) is 0 Å². The van der Waals surface area contributed by atoms with Crippen LogP contribution in [0.15, 0.2) is 24.4 Å². The Labute approximate surface area is 88.3 Å². The topological polar surface area (TPSA) is 30.9 Å². The minimum Gasteiger partial charge on any atom is -0.349 e. The van der Waals surface area contributed by atoms with E-state index in [9.17, 15) is 0 Å². The molecule has 0 bridgehead atoms. The molecule has 0 aliphatic rings. The van der Waals surface area contributed by atoms with Crippen LogP contribution in [0.2, 0.25) is 5.02 Å². The molecule has 3 heteroatoms. The molecule has 0 amide bonds. The van der Waals surface area contributed by atoms with E-state index in [0.717, 1.165) is 22.5 Å². The van der Waals surface area contributed by atoms with Gasteiger partial charge in [-0.05, 0) is 24.6 Å². The second-order valence-electron chi connectivity index (χ2n) is 3.44. The van der Waals surface area contributed by atoms with Crippen molar-refractivity contribution in [2.24, 2.45) is 12.8 Å². The fourth-order valence-corrected chi connectivity index (χ4v) is 2.13. The summed E-state index contributed by atoms with van der Waals surface area (Å²) in [5.74, 6) is 0. The lowest BCUT2D eigenvalue weighted by Crippen LogP contribution is -2.03. The van der Waals surface area contributed by atoms with Crippen molar-refractivity contribution in [1.82, 2.24) is 4.57 Å². The number of hydrogen-bond donors (Lipinski definition) is 1. The lowest BCUT2D eigenvalue weighted by molar-refractivity contribution is 0.952. The van der Waals surface area contributed by atoms with Crippen molar-refractivity contribution < 1.29 is 0 Å². The van der Waals surface area contributed by atoms with Gasteiger partial charge in [-0.25, -0.2) is 0 Å². The van der Waals surface area contributed by atoms with E-state index >= 15 is 0 Å². The minimum atomic E-state index is 0.635. The van der Waals surface area contributed by atoms with Gasteiger partial charge in [-0.3, -0.25) is 0 Å². The summed E-state index contributed by atoms with van der Waals surface area (Å²) < 4.78 is 2.04. The Bertz CT molecular complexity index is 460. The molecule has 0 saturated carbocycles. The highest BCUT2D eigenvalue weighted by Gasteiger charge is 2.07. The van der Waals surface area contributed by atoms with Crippen molar-refractivity contribution in [3.8, 4) is 0 Å². The van der Waals surface area contributed by atoms with Gasteiger partial charge in [0, 0.05) is 18.6 Å². The second kappa shape index (κ2) is 3.64. The van der Waals surface area contributed by atoms with E-state index in [2.05, 4.69) is 18.2 Å². The summed E-state index contributed by atoms with van der Waals surface area (Å²) >= 11 is 6.29. The number of aromatic nitrogens is 1. The van der Waals surface area contributed by atoms with Gasteiger partial charge in [0.1, 0.15) is 0 Å². The summed E-state index contributed by atoms with van der Waals surface area (Å²) in [4.78, 5) is 0. The third-order valence-corrected chi connectivity index (χ3v) is 2.89. The molecule has 0 saturated heterocycles. The molecule has 0 aliphatic carbocycles. The highest BCUT2D eigenvalue weighted by atomic mass is 35.5. The number of nitrogens with zero attached hydrogens (tertiary/aromatic N) is 1. The van der Waals surface area contributed by atoms with Crippen LogP contribution in [0.5, 0.6) is 0 Å². The maximum absolute atomic E-state index is 6.29. The van der Waals surface area contributed by atoms with Crippen molar-refractivity contribution >= 4 is 22.5 Å². The average Bonchev–Trinajstić information content (AvgIpc) is 2.54. The molecule has 2 nitrogen and oxygen atoms in total. The molecule has 1 heterocycles. The molecular weight excluding hydrogens is 196 g/mol. The quantitative estimate of drug-likeness (QED) is 0.807. The van der Waals surface area contributed by atoms with Gasteiger partial charge in [-0.1, -0.05) is 23.7 Å². The first-order valence-corrected chi connectivity index (χ1v) is 5.04. The fraction of sp³-hybridized carbons (Fsp3) is 0.273. The van der Waals surface area contributed by atoms with E-state index in [0.29, 0.717) is 6.54 Å². The Hall–Kier alpha value is -0.990. The standard InChI is InChI=1S/C11H13ClN2/c1-14-7-5-9-3-2-8(4-6-13)10(12)11(9)14/h2-3,5,7H,4,6,13H2,1H3. The lowest BCUT2D eigenvalue weighted by Gasteiger charge is -2.05. The molecule has 2 rings (SSSR count). The summed E-state index contributed by atoms with van der Waals surface area (Å²) in [5, 5.41) is 2.01. The fourth-order valence-electron chi connectivity index (χ4n) is 1.73. The van der Waals surface area contributed by atoms with Crippen molar-refractivity contribution in [3.63, 3.8) is 0 Å². The zero-order valence-corrected chi connectivity index (χ0v) is 8.88. The van der Waals surface area contributed by atoms with Crippen LogP contribution in [0.4, 0.5) is 0 Å². The van der Waals surface area contributed by atoms with Gasteiger partial charge < -0.3 is 10.3 Å². The van der Waals surface area contributed by atoms with E-state index in [1.54, 1.807) is 0 Å². The molecule has 1 aromatic carbocycles. The normalized spacial score (nSPS) is 11.1. The summed E-state index contributed by atoms with van der Waals surface area (Å²) in [6, 6.07) is 6.21. The van der Waals surface area contributed by atoms with Crippen molar-refractivity contribution in [3.05, 3.63) is 35.0 Å². The van der Waals surface area contributed by atoms with Crippen molar-refractivity contribution in [2.45, 2.75) is 6.42 Å². The zero-order chi connectivity index (χ0) is 10.1. The molecule has 0 aliphatic heterocycles. The number of halogens is 1. The summed E-state index contributed by atoms with van der Waals surface area (Å²) in [5.41, 5.74) is 7.74. The van der Waals surface area contributed by atoms with Crippen molar-refractivity contribution in [2.75, 3.05) is 6.54 Å². The first kappa shape index (κ1) is 9.56. The number of benzene rings is 1. The lowest BCUT2D eigenvalue weighted by atomic mass is 10.1. The van der Waals surface area contributed by atoms with E-state index in [4.69, 9.17) is 17.3 Å². The maximum Gasteiger partial charge on any atom is 0.0681 e. The summed E-state index contributed by atoms with van der Waals surface area (Å²) in [6.45, 7) is 0.635. The van der Waals surface area contributed by atoms with Crippen LogP contribution in [0.1, 0.15) is 5.56 Å². The highest BCUT2D eigenvalue weighted by Crippen LogP contribution is 2.27. The third kappa shape index (κ3) is 1.41. The van der Waals surface area contributed by atoms with Gasteiger partial charge in [0.15, 0.2) is 0 Å². The Balaban J connectivity index is 2.66.